The molecule has 2 fully saturated rings. The fourth-order valence-corrected chi connectivity index (χ4v) is 3.65. The molecule has 4 nitrogen and oxygen atoms in total. The highest BCUT2D eigenvalue weighted by Crippen LogP contribution is 2.28. The summed E-state index contributed by atoms with van der Waals surface area (Å²) in [4.78, 5) is 12.2. The van der Waals surface area contributed by atoms with Crippen LogP contribution in [0.25, 0.3) is 0 Å². The van der Waals surface area contributed by atoms with Gasteiger partial charge in [-0.2, -0.15) is 5.10 Å². The topological polar surface area (TPSA) is 60.9 Å². The number of hydrogen-bond acceptors (Lipinski definition) is 3. The van der Waals surface area contributed by atoms with Gasteiger partial charge in [0.05, 0.1) is 18.2 Å². The Morgan fingerprint density at radius 2 is 2.05 bits per heavy atom. The monoisotopic (exact) mass is 275 g/mol. The summed E-state index contributed by atoms with van der Waals surface area (Å²) in [5.41, 5.74) is 6.82. The minimum absolute atomic E-state index is 0.171. The van der Waals surface area contributed by atoms with Crippen molar-refractivity contribution in [3.05, 3.63) is 18.0 Å². The van der Waals surface area contributed by atoms with E-state index in [0.717, 1.165) is 25.0 Å². The molecule has 4 heteroatoms. The molecule has 0 saturated heterocycles. The summed E-state index contributed by atoms with van der Waals surface area (Å²) < 4.78 is 2.09. The van der Waals surface area contributed by atoms with E-state index >= 15 is 0 Å². The third-order valence-corrected chi connectivity index (χ3v) is 4.90. The maximum atomic E-state index is 12.2. The number of rotatable bonds is 4. The largest absolute Gasteiger partial charge is 0.328 e. The number of carbonyl (C=O) groups is 1. The fourth-order valence-electron chi connectivity index (χ4n) is 3.65. The highest BCUT2D eigenvalue weighted by Gasteiger charge is 2.28. The molecule has 0 radical (unpaired) electrons. The zero-order valence-electron chi connectivity index (χ0n) is 12.1. The van der Waals surface area contributed by atoms with Crippen molar-refractivity contribution in [3.8, 4) is 0 Å². The molecule has 110 valence electrons. The van der Waals surface area contributed by atoms with Crippen LogP contribution in [0.2, 0.25) is 0 Å². The minimum Gasteiger partial charge on any atom is -0.328 e. The average molecular weight is 275 g/mol. The van der Waals surface area contributed by atoms with Crippen LogP contribution in [0.1, 0.15) is 63.1 Å². The maximum absolute atomic E-state index is 12.2. The standard InChI is InChI=1S/C16H25N3O/c17-13-7-6-12(10-13)16(20)11-14-8-9-19(18-14)15-4-2-1-3-5-15/h8-9,12-13,15H,1-7,10-11,17H2. The van der Waals surface area contributed by atoms with Crippen molar-refractivity contribution in [2.45, 2.75) is 69.9 Å². The molecule has 20 heavy (non-hydrogen) atoms. The molecule has 2 aliphatic carbocycles. The molecule has 0 spiro atoms. The van der Waals surface area contributed by atoms with E-state index in [1.165, 1.54) is 32.1 Å². The maximum Gasteiger partial charge on any atom is 0.142 e. The number of ketones is 1. The van der Waals surface area contributed by atoms with Gasteiger partial charge in [-0.1, -0.05) is 19.3 Å². The van der Waals surface area contributed by atoms with E-state index in [1.54, 1.807) is 0 Å². The second-order valence-corrected chi connectivity index (χ2v) is 6.49. The molecule has 2 aliphatic rings. The van der Waals surface area contributed by atoms with Crippen LogP contribution in [0.4, 0.5) is 0 Å². The van der Waals surface area contributed by atoms with Crippen LogP contribution in [0.15, 0.2) is 12.3 Å². The predicted octanol–water partition coefficient (Wildman–Crippen LogP) is 2.63. The first-order valence-electron chi connectivity index (χ1n) is 8.04. The molecule has 1 heterocycles. The predicted molar refractivity (Wildman–Crippen MR) is 78.4 cm³/mol. The Hall–Kier alpha value is -1.16. The summed E-state index contributed by atoms with van der Waals surface area (Å²) in [6.45, 7) is 0. The van der Waals surface area contributed by atoms with Crippen molar-refractivity contribution in [1.29, 1.82) is 0 Å². The third kappa shape index (κ3) is 3.11. The lowest BCUT2D eigenvalue weighted by atomic mass is 9.96. The Bertz CT molecular complexity index is 462. The lowest BCUT2D eigenvalue weighted by molar-refractivity contribution is -0.122. The first kappa shape index (κ1) is 13.8. The van der Waals surface area contributed by atoms with E-state index in [-0.39, 0.29) is 12.0 Å². The molecular formula is C16H25N3O. The Labute approximate surface area is 120 Å². The van der Waals surface area contributed by atoms with Gasteiger partial charge >= 0.3 is 0 Å². The smallest absolute Gasteiger partial charge is 0.142 e. The van der Waals surface area contributed by atoms with Gasteiger partial charge in [-0.05, 0) is 38.2 Å². The van der Waals surface area contributed by atoms with Gasteiger partial charge in [-0.15, -0.1) is 0 Å². The Balaban J connectivity index is 1.58. The van der Waals surface area contributed by atoms with Crippen LogP contribution in [0, 0.1) is 5.92 Å². The molecule has 1 aromatic heterocycles. The van der Waals surface area contributed by atoms with E-state index in [9.17, 15) is 4.79 Å². The molecule has 0 bridgehead atoms. The third-order valence-electron chi connectivity index (χ3n) is 4.90. The van der Waals surface area contributed by atoms with Gasteiger partial charge in [0, 0.05) is 18.2 Å². The van der Waals surface area contributed by atoms with Gasteiger partial charge in [0.1, 0.15) is 5.78 Å². The number of nitrogens with zero attached hydrogens (tertiary/aromatic N) is 2. The zero-order valence-corrected chi connectivity index (χ0v) is 12.1. The van der Waals surface area contributed by atoms with Crippen LogP contribution in [0.3, 0.4) is 0 Å². The van der Waals surface area contributed by atoms with Crippen molar-refractivity contribution in [3.63, 3.8) is 0 Å². The second-order valence-electron chi connectivity index (χ2n) is 6.49. The van der Waals surface area contributed by atoms with Crippen molar-refractivity contribution in [2.75, 3.05) is 0 Å². The first-order valence-corrected chi connectivity index (χ1v) is 8.04. The fraction of sp³-hybridized carbons (Fsp3) is 0.750. The quantitative estimate of drug-likeness (QED) is 0.919. The molecule has 1 aromatic rings. The molecule has 2 atom stereocenters. The molecule has 0 aromatic carbocycles. The summed E-state index contributed by atoms with van der Waals surface area (Å²) >= 11 is 0. The molecule has 0 amide bonds. The van der Waals surface area contributed by atoms with E-state index in [1.807, 2.05) is 6.07 Å². The normalized spacial score (nSPS) is 27.9. The SMILES string of the molecule is NC1CCC(C(=O)Cc2ccn(C3CCCCC3)n2)C1. The average Bonchev–Trinajstić information content (AvgIpc) is 3.09. The molecule has 2 saturated carbocycles. The summed E-state index contributed by atoms with van der Waals surface area (Å²) in [7, 11) is 0. The number of hydrogen-bond donors (Lipinski definition) is 1. The molecular weight excluding hydrogens is 250 g/mol. The zero-order chi connectivity index (χ0) is 13.9. The van der Waals surface area contributed by atoms with Gasteiger partial charge in [0.25, 0.3) is 0 Å². The first-order chi connectivity index (χ1) is 9.72. The number of aromatic nitrogens is 2. The van der Waals surface area contributed by atoms with Gasteiger partial charge in [-0.25, -0.2) is 0 Å². The van der Waals surface area contributed by atoms with Crippen LogP contribution in [0.5, 0.6) is 0 Å². The molecule has 3 rings (SSSR count). The highest BCUT2D eigenvalue weighted by molar-refractivity contribution is 5.83. The van der Waals surface area contributed by atoms with E-state index in [4.69, 9.17) is 5.73 Å². The van der Waals surface area contributed by atoms with E-state index < -0.39 is 0 Å². The Kier molecular flexibility index (Phi) is 4.20. The molecule has 2 N–H and O–H groups in total. The van der Waals surface area contributed by atoms with Crippen LogP contribution in [-0.2, 0) is 11.2 Å². The van der Waals surface area contributed by atoms with Gasteiger partial charge in [0.2, 0.25) is 0 Å². The van der Waals surface area contributed by atoms with E-state index in [2.05, 4.69) is 16.0 Å². The van der Waals surface area contributed by atoms with Crippen molar-refractivity contribution >= 4 is 5.78 Å². The lowest BCUT2D eigenvalue weighted by Gasteiger charge is -2.21. The van der Waals surface area contributed by atoms with Crippen molar-refractivity contribution in [2.24, 2.45) is 11.7 Å². The Morgan fingerprint density at radius 3 is 2.75 bits per heavy atom. The summed E-state index contributed by atoms with van der Waals surface area (Å²) in [5, 5.41) is 4.63. The molecule has 0 aliphatic heterocycles. The van der Waals surface area contributed by atoms with Crippen LogP contribution in [-0.4, -0.2) is 21.6 Å². The van der Waals surface area contributed by atoms with Gasteiger partial charge in [-0.3, -0.25) is 9.48 Å². The summed E-state index contributed by atoms with van der Waals surface area (Å²) in [6, 6.07) is 2.79. The summed E-state index contributed by atoms with van der Waals surface area (Å²) in [6.07, 6.45) is 11.8. The van der Waals surface area contributed by atoms with Crippen molar-refractivity contribution < 1.29 is 4.79 Å². The lowest BCUT2D eigenvalue weighted by Crippen LogP contribution is -2.19. The second kappa shape index (κ2) is 6.08. The van der Waals surface area contributed by atoms with Gasteiger partial charge < -0.3 is 5.73 Å². The van der Waals surface area contributed by atoms with Gasteiger partial charge in [0.15, 0.2) is 0 Å². The minimum atomic E-state index is 0.171. The van der Waals surface area contributed by atoms with Crippen LogP contribution >= 0.6 is 0 Å². The summed E-state index contributed by atoms with van der Waals surface area (Å²) in [5.74, 6) is 0.497. The number of carbonyl (C=O) groups excluding carboxylic acids is 1. The number of nitrogens with two attached hydrogens (primary N) is 1. The molecule has 2 unspecified atom stereocenters. The Morgan fingerprint density at radius 1 is 1.25 bits per heavy atom. The van der Waals surface area contributed by atoms with Crippen LogP contribution < -0.4 is 5.73 Å². The highest BCUT2D eigenvalue weighted by atomic mass is 16.1. The van der Waals surface area contributed by atoms with Crippen molar-refractivity contribution in [1.82, 2.24) is 9.78 Å². The number of Topliss-reactive ketones (excluding diaryl/α,β-unsaturated/α-hetero) is 1. The van der Waals surface area contributed by atoms with E-state index in [0.29, 0.717) is 18.2 Å².